The maximum Gasteiger partial charge on any atom is 0.116 e. The normalized spacial score (nSPS) is 25.6. The third kappa shape index (κ3) is 4.00. The standard InChI is InChI=1S/C22H23BrN4O2/c1-14-21(18-11-15(23)9-10-20(18)25-3)17-7-5-6-8-19(17)22(14,2)29-13-16(28-4)12-26-27-24/h5-11,16H,1,12-13H2,2-4H3/b21-18+,25-20?/t16-,22?/m1/s1. The molecule has 0 aromatic heterocycles. The molecule has 1 aromatic carbocycles. The molecule has 0 fully saturated rings. The Balaban J connectivity index is 2.06. The molecule has 0 saturated heterocycles. The van der Waals surface area contributed by atoms with Gasteiger partial charge in [0.2, 0.25) is 0 Å². The zero-order valence-electron chi connectivity index (χ0n) is 16.7. The summed E-state index contributed by atoms with van der Waals surface area (Å²) in [6.45, 7) is 6.91. The van der Waals surface area contributed by atoms with E-state index in [-0.39, 0.29) is 19.3 Å². The van der Waals surface area contributed by atoms with Crippen molar-refractivity contribution < 1.29 is 9.47 Å². The second-order valence-corrected chi connectivity index (χ2v) is 7.82. The number of fused-ring (bicyclic) bond motifs is 1. The number of halogens is 1. The first-order chi connectivity index (χ1) is 14.0. The van der Waals surface area contributed by atoms with Crippen molar-refractivity contribution in [3.05, 3.63) is 86.3 Å². The molecule has 29 heavy (non-hydrogen) atoms. The van der Waals surface area contributed by atoms with Crippen LogP contribution in [-0.2, 0) is 15.1 Å². The molecular formula is C22H23BrN4O2. The molecule has 0 aliphatic heterocycles. The Kier molecular flexibility index (Phi) is 6.55. The van der Waals surface area contributed by atoms with Crippen molar-refractivity contribution in [2.45, 2.75) is 18.6 Å². The quantitative estimate of drug-likeness (QED) is 0.323. The molecular weight excluding hydrogens is 432 g/mol. The lowest BCUT2D eigenvalue weighted by Crippen LogP contribution is -2.31. The lowest BCUT2D eigenvalue weighted by Gasteiger charge is -2.29. The summed E-state index contributed by atoms with van der Waals surface area (Å²) in [7, 11) is 3.36. The van der Waals surface area contributed by atoms with E-state index in [2.05, 4.69) is 55.7 Å². The Morgan fingerprint density at radius 1 is 1.31 bits per heavy atom. The van der Waals surface area contributed by atoms with Gasteiger partial charge in [0.15, 0.2) is 0 Å². The van der Waals surface area contributed by atoms with Gasteiger partial charge in [0, 0.05) is 29.1 Å². The predicted molar refractivity (Wildman–Crippen MR) is 120 cm³/mol. The molecule has 0 heterocycles. The number of rotatable bonds is 6. The van der Waals surface area contributed by atoms with E-state index in [0.717, 1.165) is 38.0 Å². The minimum absolute atomic E-state index is 0.207. The molecule has 2 atom stereocenters. The maximum atomic E-state index is 8.58. The summed E-state index contributed by atoms with van der Waals surface area (Å²) in [5.74, 6) is 0. The Labute approximate surface area is 179 Å². The van der Waals surface area contributed by atoms with Crippen LogP contribution in [0.2, 0.25) is 0 Å². The van der Waals surface area contributed by atoms with Crippen molar-refractivity contribution in [3.8, 4) is 0 Å². The number of ether oxygens (including phenoxy) is 2. The lowest BCUT2D eigenvalue weighted by molar-refractivity contribution is -0.0568. The Morgan fingerprint density at radius 3 is 2.76 bits per heavy atom. The average molecular weight is 455 g/mol. The zero-order chi connectivity index (χ0) is 21.0. The fourth-order valence-electron chi connectivity index (χ4n) is 3.64. The molecule has 7 heteroatoms. The third-order valence-electron chi connectivity index (χ3n) is 5.30. The number of methoxy groups -OCH3 is 1. The maximum absolute atomic E-state index is 8.58. The van der Waals surface area contributed by atoms with E-state index in [1.54, 1.807) is 14.2 Å². The SMILES string of the molecule is C=C1/C(=C2/C=C(Br)C=CC2=NC)c2ccccc2C1(C)OC[C@@H](CN=[N+]=[N-])OC. The van der Waals surface area contributed by atoms with Gasteiger partial charge in [-0.15, -0.1) is 0 Å². The van der Waals surface area contributed by atoms with Gasteiger partial charge in [-0.25, -0.2) is 0 Å². The number of azide groups is 1. The fraction of sp³-hybridized carbons (Fsp3) is 0.318. The van der Waals surface area contributed by atoms with E-state index in [1.165, 1.54) is 0 Å². The van der Waals surface area contributed by atoms with Crippen LogP contribution in [0.25, 0.3) is 16.0 Å². The summed E-state index contributed by atoms with van der Waals surface area (Å²) in [5.41, 5.74) is 13.7. The van der Waals surface area contributed by atoms with Crippen molar-refractivity contribution in [3.63, 3.8) is 0 Å². The number of nitrogens with zero attached hydrogens (tertiary/aromatic N) is 4. The summed E-state index contributed by atoms with van der Waals surface area (Å²) >= 11 is 3.57. The third-order valence-corrected chi connectivity index (χ3v) is 5.79. The molecule has 6 nitrogen and oxygen atoms in total. The minimum Gasteiger partial charge on any atom is -0.379 e. The summed E-state index contributed by atoms with van der Waals surface area (Å²) in [5, 5.41) is 3.60. The van der Waals surface area contributed by atoms with Crippen LogP contribution in [0.15, 0.2) is 74.8 Å². The van der Waals surface area contributed by atoms with Gasteiger partial charge in [0.1, 0.15) is 5.60 Å². The van der Waals surface area contributed by atoms with Crippen molar-refractivity contribution in [2.24, 2.45) is 10.1 Å². The monoisotopic (exact) mass is 454 g/mol. The van der Waals surface area contributed by atoms with Gasteiger partial charge < -0.3 is 9.47 Å². The highest BCUT2D eigenvalue weighted by Gasteiger charge is 2.43. The Morgan fingerprint density at radius 2 is 2.07 bits per heavy atom. The summed E-state index contributed by atoms with van der Waals surface area (Å²) in [6.07, 6.45) is 5.69. The highest BCUT2D eigenvalue weighted by molar-refractivity contribution is 9.11. The molecule has 2 aliphatic carbocycles. The molecule has 0 radical (unpaired) electrons. The van der Waals surface area contributed by atoms with Crippen LogP contribution in [0.4, 0.5) is 0 Å². The smallest absolute Gasteiger partial charge is 0.116 e. The van der Waals surface area contributed by atoms with E-state index in [4.69, 9.17) is 15.0 Å². The van der Waals surface area contributed by atoms with Gasteiger partial charge >= 0.3 is 0 Å². The predicted octanol–water partition coefficient (Wildman–Crippen LogP) is 5.49. The second-order valence-electron chi connectivity index (χ2n) is 6.90. The molecule has 0 N–H and O–H groups in total. The van der Waals surface area contributed by atoms with Crippen LogP contribution in [0, 0.1) is 0 Å². The Bertz CT molecular complexity index is 1000. The van der Waals surface area contributed by atoms with Gasteiger partial charge in [-0.3, -0.25) is 4.99 Å². The fourth-order valence-corrected chi connectivity index (χ4v) is 4.00. The molecule has 0 bridgehead atoms. The van der Waals surface area contributed by atoms with Crippen LogP contribution in [0.1, 0.15) is 18.1 Å². The van der Waals surface area contributed by atoms with Crippen LogP contribution >= 0.6 is 15.9 Å². The van der Waals surface area contributed by atoms with Crippen LogP contribution < -0.4 is 0 Å². The van der Waals surface area contributed by atoms with Gasteiger partial charge in [-0.1, -0.05) is 51.9 Å². The van der Waals surface area contributed by atoms with Gasteiger partial charge in [-0.2, -0.15) is 0 Å². The van der Waals surface area contributed by atoms with E-state index < -0.39 is 5.60 Å². The largest absolute Gasteiger partial charge is 0.379 e. The first-order valence-corrected chi connectivity index (χ1v) is 9.99. The van der Waals surface area contributed by atoms with Crippen molar-refractivity contribution in [1.82, 2.24) is 0 Å². The topological polar surface area (TPSA) is 79.6 Å². The Hall–Kier alpha value is -2.44. The molecule has 1 aromatic rings. The highest BCUT2D eigenvalue weighted by atomic mass is 79.9. The van der Waals surface area contributed by atoms with Gasteiger partial charge in [0.25, 0.3) is 0 Å². The molecule has 150 valence electrons. The first-order valence-electron chi connectivity index (χ1n) is 9.20. The van der Waals surface area contributed by atoms with Crippen LogP contribution in [0.5, 0.6) is 0 Å². The number of hydrogen-bond acceptors (Lipinski definition) is 4. The van der Waals surface area contributed by atoms with E-state index in [0.29, 0.717) is 0 Å². The summed E-state index contributed by atoms with van der Waals surface area (Å²) < 4.78 is 12.7. The van der Waals surface area contributed by atoms with E-state index in [9.17, 15) is 0 Å². The summed E-state index contributed by atoms with van der Waals surface area (Å²) in [6, 6.07) is 8.15. The number of benzene rings is 1. The number of hydrogen-bond donors (Lipinski definition) is 0. The van der Waals surface area contributed by atoms with Crippen LogP contribution in [-0.4, -0.2) is 39.1 Å². The van der Waals surface area contributed by atoms with E-state index in [1.807, 2.05) is 31.2 Å². The van der Waals surface area contributed by atoms with Crippen LogP contribution in [0.3, 0.4) is 0 Å². The molecule has 2 aliphatic rings. The first kappa shape index (κ1) is 21.3. The highest BCUT2D eigenvalue weighted by Crippen LogP contribution is 2.51. The second kappa shape index (κ2) is 8.93. The summed E-state index contributed by atoms with van der Waals surface area (Å²) in [4.78, 5) is 7.25. The molecule has 3 rings (SSSR count). The van der Waals surface area contributed by atoms with E-state index >= 15 is 0 Å². The molecule has 0 saturated carbocycles. The number of aliphatic imine (C=N–C) groups is 1. The van der Waals surface area contributed by atoms with Crippen molar-refractivity contribution in [2.75, 3.05) is 27.3 Å². The van der Waals surface area contributed by atoms with Crippen molar-refractivity contribution in [1.29, 1.82) is 0 Å². The minimum atomic E-state index is -0.730. The zero-order valence-corrected chi connectivity index (χ0v) is 18.3. The molecule has 1 unspecified atom stereocenters. The van der Waals surface area contributed by atoms with Gasteiger partial charge in [0.05, 0.1) is 25.0 Å². The van der Waals surface area contributed by atoms with Gasteiger partial charge in [-0.05, 0) is 53.0 Å². The molecule has 0 spiro atoms. The average Bonchev–Trinajstić information content (AvgIpc) is 2.95. The lowest BCUT2D eigenvalue weighted by atomic mass is 9.90. The number of allylic oxidation sites excluding steroid dienone is 5. The van der Waals surface area contributed by atoms with Crippen molar-refractivity contribution >= 4 is 27.2 Å². The molecule has 0 amide bonds.